The lowest BCUT2D eigenvalue weighted by atomic mass is 10.0. The lowest BCUT2D eigenvalue weighted by Gasteiger charge is -2.09. The molecule has 0 saturated carbocycles. The summed E-state index contributed by atoms with van der Waals surface area (Å²) < 4.78 is 27.6. The molecule has 0 atom stereocenters. The molecule has 0 radical (unpaired) electrons. The van der Waals surface area contributed by atoms with Crippen LogP contribution in [0.3, 0.4) is 0 Å². The first-order valence-corrected chi connectivity index (χ1v) is 11.6. The van der Waals surface area contributed by atoms with E-state index < -0.39 is 10.0 Å². The second-order valence-corrected chi connectivity index (χ2v) is 9.43. The topological polar surface area (TPSA) is 101 Å². The highest BCUT2D eigenvalue weighted by Gasteiger charge is 2.16. The Morgan fingerprint density at radius 2 is 1.53 bits per heavy atom. The summed E-state index contributed by atoms with van der Waals surface area (Å²) in [5, 5.41) is 2.72. The zero-order chi connectivity index (χ0) is 23.3. The van der Waals surface area contributed by atoms with Crippen molar-refractivity contribution >= 4 is 33.6 Å². The van der Waals surface area contributed by atoms with Gasteiger partial charge in [0.15, 0.2) is 0 Å². The number of nitrogens with zero attached hydrogens (tertiary/aromatic N) is 2. The molecule has 1 aromatic heterocycles. The van der Waals surface area contributed by atoms with Gasteiger partial charge in [-0.3, -0.25) is 4.79 Å². The first-order chi connectivity index (χ1) is 15.1. The van der Waals surface area contributed by atoms with E-state index in [1.165, 1.54) is 35.9 Å². The Balaban J connectivity index is 1.63. The number of benzene rings is 2. The van der Waals surface area contributed by atoms with Gasteiger partial charge in [0, 0.05) is 23.2 Å². The summed E-state index contributed by atoms with van der Waals surface area (Å²) in [6.07, 6.45) is 3.17. The molecular weight excluding hydrogens is 424 g/mol. The second kappa shape index (κ2) is 9.74. The van der Waals surface area contributed by atoms with Gasteiger partial charge in [-0.25, -0.2) is 23.1 Å². The van der Waals surface area contributed by atoms with E-state index >= 15 is 0 Å². The van der Waals surface area contributed by atoms with Gasteiger partial charge < -0.3 is 5.32 Å². The number of aromatic nitrogens is 2. The number of hydrogen-bond donors (Lipinski definition) is 2. The van der Waals surface area contributed by atoms with Crippen LogP contribution in [0.4, 0.5) is 11.6 Å². The zero-order valence-electron chi connectivity index (χ0n) is 18.5. The van der Waals surface area contributed by atoms with Crippen LogP contribution >= 0.6 is 0 Å². The van der Waals surface area contributed by atoms with Crippen molar-refractivity contribution in [2.75, 3.05) is 10.0 Å². The number of carbonyl (C=O) groups is 1. The molecule has 7 nitrogen and oxygen atoms in total. The van der Waals surface area contributed by atoms with Crippen molar-refractivity contribution in [3.63, 3.8) is 0 Å². The Kier molecular flexibility index (Phi) is 7.05. The van der Waals surface area contributed by atoms with Crippen LogP contribution in [0.1, 0.15) is 42.3 Å². The average Bonchev–Trinajstić information content (AvgIpc) is 2.72. The summed E-state index contributed by atoms with van der Waals surface area (Å²) in [5.74, 6) is 0.161. The predicted molar refractivity (Wildman–Crippen MR) is 127 cm³/mol. The molecule has 1 heterocycles. The average molecular weight is 451 g/mol. The Bertz CT molecular complexity index is 1210. The van der Waals surface area contributed by atoms with Gasteiger partial charge in [-0.15, -0.1) is 0 Å². The standard InChI is InChI=1S/C24H26N4O3S/c1-16(2)20-8-5-19(6-9-20)7-14-23(29)27-21-10-12-22(13-11-21)32(30,31)28-24-25-17(3)15-18(4)26-24/h5-16H,1-4H3,(H,27,29)(H,25,26,28)/b14-7+. The SMILES string of the molecule is Cc1cc(C)nc(NS(=O)(=O)c2ccc(NC(=O)/C=C/c3ccc(C(C)C)cc3)cc2)n1. The molecule has 0 aliphatic rings. The molecule has 2 aromatic carbocycles. The predicted octanol–water partition coefficient (Wildman–Crippen LogP) is 4.67. The number of nitrogens with one attached hydrogen (secondary N) is 2. The van der Waals surface area contributed by atoms with Gasteiger partial charge in [0.05, 0.1) is 4.90 Å². The Hall–Kier alpha value is -3.52. The maximum absolute atomic E-state index is 12.6. The minimum absolute atomic E-state index is 0.0199. The van der Waals surface area contributed by atoms with Gasteiger partial charge in [-0.1, -0.05) is 38.1 Å². The summed E-state index contributed by atoms with van der Waals surface area (Å²) >= 11 is 0. The van der Waals surface area contributed by atoms with Crippen LogP contribution in [0.25, 0.3) is 6.08 Å². The molecule has 3 rings (SSSR count). The number of hydrogen-bond acceptors (Lipinski definition) is 5. The van der Waals surface area contributed by atoms with Crippen molar-refractivity contribution in [3.8, 4) is 0 Å². The number of anilines is 2. The van der Waals surface area contributed by atoms with Crippen molar-refractivity contribution in [1.82, 2.24) is 9.97 Å². The van der Waals surface area contributed by atoms with Crippen LogP contribution in [0, 0.1) is 13.8 Å². The van der Waals surface area contributed by atoms with E-state index in [0.29, 0.717) is 23.0 Å². The van der Waals surface area contributed by atoms with E-state index in [-0.39, 0.29) is 16.8 Å². The Morgan fingerprint density at radius 1 is 0.938 bits per heavy atom. The summed E-state index contributed by atoms with van der Waals surface area (Å²) in [6.45, 7) is 7.78. The van der Waals surface area contributed by atoms with Crippen LogP contribution < -0.4 is 10.0 Å². The first-order valence-electron chi connectivity index (χ1n) is 10.2. The third-order valence-electron chi connectivity index (χ3n) is 4.67. The lowest BCUT2D eigenvalue weighted by Crippen LogP contribution is -2.16. The minimum Gasteiger partial charge on any atom is -0.323 e. The first kappa shape index (κ1) is 23.1. The molecule has 3 aromatic rings. The third kappa shape index (κ3) is 6.24. The van der Waals surface area contributed by atoms with E-state index in [1.807, 2.05) is 24.3 Å². The number of aryl methyl sites for hydroxylation is 2. The Labute approximate surface area is 188 Å². The molecule has 0 aliphatic heterocycles. The summed E-state index contributed by atoms with van der Waals surface area (Å²) in [4.78, 5) is 20.4. The van der Waals surface area contributed by atoms with Gasteiger partial charge in [0.25, 0.3) is 10.0 Å². The van der Waals surface area contributed by atoms with Crippen molar-refractivity contribution in [1.29, 1.82) is 0 Å². The Morgan fingerprint density at radius 3 is 2.09 bits per heavy atom. The normalized spacial score (nSPS) is 11.7. The molecule has 0 bridgehead atoms. The molecule has 1 amide bonds. The second-order valence-electron chi connectivity index (χ2n) is 7.75. The smallest absolute Gasteiger partial charge is 0.264 e. The van der Waals surface area contributed by atoms with Gasteiger partial charge >= 0.3 is 0 Å². The molecule has 166 valence electrons. The monoisotopic (exact) mass is 450 g/mol. The fourth-order valence-electron chi connectivity index (χ4n) is 3.02. The highest BCUT2D eigenvalue weighted by molar-refractivity contribution is 7.92. The van der Waals surface area contributed by atoms with E-state index in [0.717, 1.165) is 5.56 Å². The van der Waals surface area contributed by atoms with Crippen LogP contribution in [0.15, 0.2) is 65.6 Å². The summed E-state index contributed by atoms with van der Waals surface area (Å²) in [6, 6.07) is 15.6. The number of carbonyl (C=O) groups excluding carboxylic acids is 1. The molecule has 0 unspecified atom stereocenters. The molecule has 2 N–H and O–H groups in total. The highest BCUT2D eigenvalue weighted by atomic mass is 32.2. The van der Waals surface area contributed by atoms with E-state index in [4.69, 9.17) is 0 Å². The van der Waals surface area contributed by atoms with E-state index in [1.54, 1.807) is 26.0 Å². The molecule has 0 spiro atoms. The molecule has 32 heavy (non-hydrogen) atoms. The van der Waals surface area contributed by atoms with Crippen LogP contribution in [0.2, 0.25) is 0 Å². The third-order valence-corrected chi connectivity index (χ3v) is 6.01. The van der Waals surface area contributed by atoms with E-state index in [9.17, 15) is 13.2 Å². The van der Waals surface area contributed by atoms with Crippen molar-refractivity contribution < 1.29 is 13.2 Å². The molecular formula is C24H26N4O3S. The van der Waals surface area contributed by atoms with Gasteiger partial charge in [0.1, 0.15) is 0 Å². The fourth-order valence-corrected chi connectivity index (χ4v) is 3.96. The van der Waals surface area contributed by atoms with Crippen molar-refractivity contribution in [2.24, 2.45) is 0 Å². The summed E-state index contributed by atoms with van der Waals surface area (Å²) in [5.41, 5.74) is 3.97. The fraction of sp³-hybridized carbons (Fsp3) is 0.208. The maximum atomic E-state index is 12.6. The van der Waals surface area contributed by atoms with Crippen LogP contribution in [-0.4, -0.2) is 24.3 Å². The quantitative estimate of drug-likeness (QED) is 0.510. The van der Waals surface area contributed by atoms with Gasteiger partial charge in [0.2, 0.25) is 11.9 Å². The number of rotatable bonds is 7. The largest absolute Gasteiger partial charge is 0.323 e. The number of amides is 1. The lowest BCUT2D eigenvalue weighted by molar-refractivity contribution is -0.111. The van der Waals surface area contributed by atoms with E-state index in [2.05, 4.69) is 33.9 Å². The van der Waals surface area contributed by atoms with Crippen molar-refractivity contribution in [2.45, 2.75) is 38.5 Å². The molecule has 0 aliphatic carbocycles. The number of sulfonamides is 1. The van der Waals surface area contributed by atoms with Crippen LogP contribution in [0.5, 0.6) is 0 Å². The maximum Gasteiger partial charge on any atom is 0.264 e. The molecule has 0 fully saturated rings. The highest BCUT2D eigenvalue weighted by Crippen LogP contribution is 2.18. The molecule has 8 heteroatoms. The zero-order valence-corrected chi connectivity index (χ0v) is 19.3. The van der Waals surface area contributed by atoms with Crippen molar-refractivity contribution in [3.05, 3.63) is 83.2 Å². The summed E-state index contributed by atoms with van der Waals surface area (Å²) in [7, 11) is -3.85. The van der Waals surface area contributed by atoms with Crippen LogP contribution in [-0.2, 0) is 14.8 Å². The minimum atomic E-state index is -3.85. The van der Waals surface area contributed by atoms with Gasteiger partial charge in [-0.2, -0.15) is 0 Å². The molecule has 0 saturated heterocycles. The van der Waals surface area contributed by atoms with Gasteiger partial charge in [-0.05, 0) is 67.3 Å².